The number of nitro benzene ring substituents is 1. The first-order valence-electron chi connectivity index (χ1n) is 8.13. The van der Waals surface area contributed by atoms with Crippen molar-refractivity contribution in [2.24, 2.45) is 0 Å². The van der Waals surface area contributed by atoms with Gasteiger partial charge in [0.15, 0.2) is 4.34 Å². The van der Waals surface area contributed by atoms with E-state index in [1.165, 1.54) is 47.4 Å². The summed E-state index contributed by atoms with van der Waals surface area (Å²) in [5, 5.41) is 30.3. The Bertz CT molecular complexity index is 1150. The van der Waals surface area contributed by atoms with Crippen molar-refractivity contribution in [1.29, 1.82) is 0 Å². The third-order valence-corrected chi connectivity index (χ3v) is 5.55. The fourth-order valence-electron chi connectivity index (χ4n) is 2.29. The summed E-state index contributed by atoms with van der Waals surface area (Å²) in [5.41, 5.74) is 1.17. The highest BCUT2D eigenvalue weighted by Crippen LogP contribution is 2.30. The van der Waals surface area contributed by atoms with Crippen molar-refractivity contribution < 1.29 is 13.7 Å². The van der Waals surface area contributed by atoms with E-state index >= 15 is 0 Å². The topological polar surface area (TPSA) is 120 Å². The Hall–Kier alpha value is -3.38. The average molecular weight is 430 g/mol. The Morgan fingerprint density at radius 3 is 2.72 bits per heavy atom. The summed E-state index contributed by atoms with van der Waals surface area (Å²) < 4.78 is 19.5. The van der Waals surface area contributed by atoms with Gasteiger partial charge in [-0.05, 0) is 30.3 Å². The van der Waals surface area contributed by atoms with Crippen molar-refractivity contribution in [1.82, 2.24) is 20.4 Å². The number of halogens is 1. The molecule has 0 radical (unpaired) electrons. The zero-order valence-electron chi connectivity index (χ0n) is 14.5. The lowest BCUT2D eigenvalue weighted by Crippen LogP contribution is -1.89. The number of thioether (sulfide) groups is 1. The number of nitrogens with one attached hydrogen (secondary N) is 1. The minimum absolute atomic E-state index is 0.0111. The van der Waals surface area contributed by atoms with Crippen LogP contribution in [0.3, 0.4) is 0 Å². The summed E-state index contributed by atoms with van der Waals surface area (Å²) >= 11 is 2.68. The molecule has 0 atom stereocenters. The molecule has 4 aromatic rings. The van der Waals surface area contributed by atoms with Crippen LogP contribution in [0.5, 0.6) is 0 Å². The van der Waals surface area contributed by atoms with Crippen molar-refractivity contribution in [3.63, 3.8) is 0 Å². The number of non-ortho nitro benzene ring substituents is 1. The lowest BCUT2D eigenvalue weighted by molar-refractivity contribution is -0.384. The van der Waals surface area contributed by atoms with E-state index in [2.05, 4.69) is 25.7 Å². The lowest BCUT2D eigenvalue weighted by atomic mass is 10.2. The molecule has 4 rings (SSSR count). The fourth-order valence-corrected chi connectivity index (χ4v) is 3.90. The van der Waals surface area contributed by atoms with Crippen LogP contribution in [0.4, 0.5) is 20.9 Å². The van der Waals surface area contributed by atoms with Gasteiger partial charge in [-0.2, -0.15) is 0 Å². The molecule has 2 aromatic heterocycles. The number of nitro groups is 1. The summed E-state index contributed by atoms with van der Waals surface area (Å²) in [7, 11) is 0. The van der Waals surface area contributed by atoms with E-state index < -0.39 is 4.92 Å². The maximum absolute atomic E-state index is 13.2. The van der Waals surface area contributed by atoms with Gasteiger partial charge in [0.05, 0.1) is 10.7 Å². The van der Waals surface area contributed by atoms with Crippen LogP contribution >= 0.6 is 23.1 Å². The predicted molar refractivity (Wildman–Crippen MR) is 106 cm³/mol. The summed E-state index contributed by atoms with van der Waals surface area (Å²) in [4.78, 5) is 10.2. The second-order valence-corrected chi connectivity index (χ2v) is 7.80. The summed E-state index contributed by atoms with van der Waals surface area (Å²) in [6, 6.07) is 11.9. The first-order valence-corrected chi connectivity index (χ1v) is 9.93. The largest absolute Gasteiger partial charge is 0.420 e. The Labute approximate surface area is 171 Å². The van der Waals surface area contributed by atoms with Crippen molar-refractivity contribution in [3.05, 3.63) is 70.4 Å². The summed E-state index contributed by atoms with van der Waals surface area (Å²) in [6.45, 7) is 0. The Balaban J connectivity index is 1.36. The van der Waals surface area contributed by atoms with Gasteiger partial charge >= 0.3 is 0 Å². The maximum Gasteiger partial charge on any atom is 0.269 e. The highest BCUT2D eigenvalue weighted by Gasteiger charge is 2.13. The second kappa shape index (κ2) is 8.32. The molecule has 0 unspecified atom stereocenters. The van der Waals surface area contributed by atoms with Crippen LogP contribution in [-0.4, -0.2) is 25.3 Å². The Kier molecular flexibility index (Phi) is 5.44. The van der Waals surface area contributed by atoms with Crippen molar-refractivity contribution >= 4 is 39.6 Å². The van der Waals surface area contributed by atoms with Gasteiger partial charge in [0.1, 0.15) is 5.82 Å². The van der Waals surface area contributed by atoms with Crippen LogP contribution in [0.2, 0.25) is 0 Å². The molecule has 12 heteroatoms. The number of anilines is 2. The minimum Gasteiger partial charge on any atom is -0.420 e. The van der Waals surface area contributed by atoms with Crippen LogP contribution < -0.4 is 5.32 Å². The van der Waals surface area contributed by atoms with Crippen LogP contribution in [0.1, 0.15) is 5.89 Å². The van der Waals surface area contributed by atoms with Gasteiger partial charge in [-0.1, -0.05) is 29.2 Å². The molecule has 146 valence electrons. The zero-order valence-corrected chi connectivity index (χ0v) is 16.1. The number of nitrogens with zero attached hydrogens (tertiary/aromatic N) is 5. The van der Waals surface area contributed by atoms with Gasteiger partial charge in [0.2, 0.25) is 16.9 Å². The highest BCUT2D eigenvalue weighted by molar-refractivity contribution is 8.00. The number of benzene rings is 2. The highest BCUT2D eigenvalue weighted by atomic mass is 32.2. The summed E-state index contributed by atoms with van der Waals surface area (Å²) in [5.74, 6) is 0.711. The van der Waals surface area contributed by atoms with Crippen LogP contribution in [-0.2, 0) is 5.75 Å². The molecule has 9 nitrogen and oxygen atoms in total. The monoisotopic (exact) mass is 430 g/mol. The van der Waals surface area contributed by atoms with Crippen LogP contribution in [0.25, 0.3) is 11.5 Å². The van der Waals surface area contributed by atoms with E-state index in [1.54, 1.807) is 24.3 Å². The van der Waals surface area contributed by atoms with E-state index in [1.807, 2.05) is 0 Å². The van der Waals surface area contributed by atoms with Gasteiger partial charge in [0, 0.05) is 23.4 Å². The van der Waals surface area contributed by atoms with E-state index in [0.717, 1.165) is 0 Å². The van der Waals surface area contributed by atoms with E-state index in [4.69, 9.17) is 4.42 Å². The van der Waals surface area contributed by atoms with Crippen molar-refractivity contribution in [2.75, 3.05) is 5.32 Å². The number of aromatic nitrogens is 4. The molecule has 0 fully saturated rings. The molecule has 2 heterocycles. The quantitative estimate of drug-likeness (QED) is 0.253. The van der Waals surface area contributed by atoms with Gasteiger partial charge in [-0.3, -0.25) is 10.1 Å². The SMILES string of the molecule is O=[N+]([O-])c1ccc(-c2nnc(CSc3nnc(Nc4cccc(F)c4)s3)o2)cc1. The molecule has 1 N–H and O–H groups in total. The Morgan fingerprint density at radius 2 is 1.97 bits per heavy atom. The third-order valence-electron chi connectivity index (χ3n) is 3.59. The third kappa shape index (κ3) is 4.73. The molecule has 0 aliphatic carbocycles. The lowest BCUT2D eigenvalue weighted by Gasteiger charge is -2.00. The average Bonchev–Trinajstić information content (AvgIpc) is 3.36. The Morgan fingerprint density at radius 1 is 1.14 bits per heavy atom. The number of hydrogen-bond acceptors (Lipinski definition) is 10. The molecule has 0 aliphatic rings. The fraction of sp³-hybridized carbons (Fsp3) is 0.0588. The number of hydrogen-bond donors (Lipinski definition) is 1. The van der Waals surface area contributed by atoms with Crippen LogP contribution in [0.15, 0.2) is 57.3 Å². The molecule has 0 bridgehead atoms. The van der Waals surface area contributed by atoms with Crippen molar-refractivity contribution in [3.8, 4) is 11.5 Å². The smallest absolute Gasteiger partial charge is 0.269 e. The predicted octanol–water partition coefficient (Wildman–Crippen LogP) is 4.67. The van der Waals surface area contributed by atoms with E-state index in [9.17, 15) is 14.5 Å². The molecule has 0 amide bonds. The first-order chi connectivity index (χ1) is 14.1. The standard InChI is InChI=1S/C17H11FN6O3S2/c18-11-2-1-3-12(8-11)19-16-22-23-17(29-16)28-9-14-20-21-15(27-14)10-4-6-13(7-5-10)24(25)26/h1-8H,9H2,(H,19,22). The normalized spacial score (nSPS) is 10.8. The molecular weight excluding hydrogens is 419 g/mol. The van der Waals surface area contributed by atoms with Gasteiger partial charge < -0.3 is 9.73 Å². The maximum atomic E-state index is 13.2. The molecule has 0 aliphatic heterocycles. The van der Waals surface area contributed by atoms with Gasteiger partial charge in [0.25, 0.3) is 5.69 Å². The van der Waals surface area contributed by atoms with Crippen molar-refractivity contribution in [2.45, 2.75) is 10.1 Å². The molecule has 0 saturated heterocycles. The summed E-state index contributed by atoms with van der Waals surface area (Å²) in [6.07, 6.45) is 0. The van der Waals surface area contributed by atoms with Gasteiger partial charge in [-0.15, -0.1) is 20.4 Å². The van der Waals surface area contributed by atoms with Crippen LogP contribution in [0, 0.1) is 15.9 Å². The molecule has 0 saturated carbocycles. The molecule has 29 heavy (non-hydrogen) atoms. The van der Waals surface area contributed by atoms with Gasteiger partial charge in [-0.25, -0.2) is 4.39 Å². The first kappa shape index (κ1) is 19.0. The van der Waals surface area contributed by atoms with E-state index in [0.29, 0.717) is 32.4 Å². The van der Waals surface area contributed by atoms with E-state index in [-0.39, 0.29) is 17.4 Å². The number of rotatable bonds is 7. The second-order valence-electron chi connectivity index (χ2n) is 5.60. The molecule has 0 spiro atoms. The molecule has 2 aromatic carbocycles. The molecular formula is C17H11FN6O3S2. The minimum atomic E-state index is -0.473. The zero-order chi connectivity index (χ0) is 20.2.